The summed E-state index contributed by atoms with van der Waals surface area (Å²) in [5.41, 5.74) is -2.57. The zero-order chi connectivity index (χ0) is 23.8. The number of hydrogen-bond acceptors (Lipinski definition) is 6. The zero-order valence-corrected chi connectivity index (χ0v) is 17.8. The number of halogens is 5. The molecule has 0 aliphatic carbocycles. The standard InChI is InChI=1S/C20H22F5N5O2/c1-19(2,3)9-32-6-5-26-18-27-8-11-15(29-30(4)17(11)28-18)10-7-12(20(23,24)25)14(22)16(31)13(10)21/h7-8,31H,5-6,9H2,1-4H3,(H,26,27,28). The number of nitrogens with one attached hydrogen (secondary N) is 1. The Morgan fingerprint density at radius 3 is 2.47 bits per heavy atom. The van der Waals surface area contributed by atoms with E-state index in [1.807, 2.05) is 20.8 Å². The van der Waals surface area contributed by atoms with Gasteiger partial charge in [-0.2, -0.15) is 23.3 Å². The zero-order valence-electron chi connectivity index (χ0n) is 17.8. The largest absolute Gasteiger partial charge is 0.503 e. The Kier molecular flexibility index (Phi) is 6.27. The van der Waals surface area contributed by atoms with Gasteiger partial charge in [0.15, 0.2) is 23.0 Å². The molecule has 174 valence electrons. The Morgan fingerprint density at radius 2 is 1.84 bits per heavy atom. The molecule has 0 aliphatic heterocycles. The first-order chi connectivity index (χ1) is 14.8. The molecule has 0 atom stereocenters. The number of phenols is 1. The molecule has 2 heterocycles. The number of anilines is 1. The lowest BCUT2D eigenvalue weighted by Crippen LogP contribution is -2.18. The van der Waals surface area contributed by atoms with Crippen molar-refractivity contribution in [2.75, 3.05) is 25.1 Å². The molecule has 7 nitrogen and oxygen atoms in total. The summed E-state index contributed by atoms with van der Waals surface area (Å²) in [6.07, 6.45) is -3.88. The minimum atomic E-state index is -5.14. The lowest BCUT2D eigenvalue weighted by molar-refractivity contribution is -0.140. The van der Waals surface area contributed by atoms with Crippen LogP contribution in [0, 0.1) is 17.0 Å². The molecule has 1 aromatic carbocycles. The van der Waals surface area contributed by atoms with Crippen LogP contribution in [0.15, 0.2) is 12.3 Å². The van der Waals surface area contributed by atoms with E-state index < -0.39 is 34.7 Å². The van der Waals surface area contributed by atoms with Gasteiger partial charge in [-0.3, -0.25) is 0 Å². The number of nitrogens with zero attached hydrogens (tertiary/aromatic N) is 4. The van der Waals surface area contributed by atoms with Gasteiger partial charge in [0.1, 0.15) is 5.69 Å². The van der Waals surface area contributed by atoms with Gasteiger partial charge in [-0.25, -0.2) is 18.4 Å². The SMILES string of the molecule is Cn1nc(-c2cc(C(F)(F)F)c(F)c(O)c2F)c2cnc(NCCOCC(C)(C)C)nc21. The highest BCUT2D eigenvalue weighted by Crippen LogP contribution is 2.41. The van der Waals surface area contributed by atoms with Crippen LogP contribution in [0.25, 0.3) is 22.3 Å². The predicted molar refractivity (Wildman–Crippen MR) is 107 cm³/mol. The highest BCUT2D eigenvalue weighted by atomic mass is 19.4. The highest BCUT2D eigenvalue weighted by molar-refractivity contribution is 5.91. The second-order valence-corrected chi connectivity index (χ2v) is 8.39. The Balaban J connectivity index is 1.91. The predicted octanol–water partition coefficient (Wildman–Crippen LogP) is 4.51. The van der Waals surface area contributed by atoms with Crippen molar-refractivity contribution in [2.24, 2.45) is 12.5 Å². The van der Waals surface area contributed by atoms with E-state index >= 15 is 0 Å². The molecule has 32 heavy (non-hydrogen) atoms. The Morgan fingerprint density at radius 1 is 1.16 bits per heavy atom. The second kappa shape index (κ2) is 8.49. The molecular weight excluding hydrogens is 437 g/mol. The van der Waals surface area contributed by atoms with E-state index in [0.29, 0.717) is 19.8 Å². The van der Waals surface area contributed by atoms with Crippen molar-refractivity contribution < 1.29 is 31.8 Å². The van der Waals surface area contributed by atoms with Crippen molar-refractivity contribution in [3.63, 3.8) is 0 Å². The van der Waals surface area contributed by atoms with Crippen LogP contribution in [-0.4, -0.2) is 44.6 Å². The van der Waals surface area contributed by atoms with Crippen molar-refractivity contribution in [3.8, 4) is 17.0 Å². The molecule has 3 aromatic rings. The molecule has 0 saturated carbocycles. The fraction of sp³-hybridized carbons (Fsp3) is 0.450. The van der Waals surface area contributed by atoms with Crippen molar-refractivity contribution in [1.29, 1.82) is 0 Å². The molecule has 0 radical (unpaired) electrons. The van der Waals surface area contributed by atoms with E-state index in [4.69, 9.17) is 4.74 Å². The number of phenolic OH excluding ortho intramolecular Hbond substituents is 1. The molecule has 12 heteroatoms. The van der Waals surface area contributed by atoms with Gasteiger partial charge in [0.2, 0.25) is 5.95 Å². The summed E-state index contributed by atoms with van der Waals surface area (Å²) >= 11 is 0. The monoisotopic (exact) mass is 459 g/mol. The van der Waals surface area contributed by atoms with Crippen LogP contribution in [-0.2, 0) is 18.0 Å². The van der Waals surface area contributed by atoms with E-state index in [0.717, 1.165) is 0 Å². The van der Waals surface area contributed by atoms with E-state index in [1.54, 1.807) is 0 Å². The third-order valence-corrected chi connectivity index (χ3v) is 4.38. The Bertz CT molecular complexity index is 1140. The van der Waals surface area contributed by atoms with Crippen LogP contribution in [0.1, 0.15) is 26.3 Å². The van der Waals surface area contributed by atoms with Crippen molar-refractivity contribution in [3.05, 3.63) is 29.5 Å². The normalized spacial score (nSPS) is 12.5. The van der Waals surface area contributed by atoms with Crippen LogP contribution in [0.3, 0.4) is 0 Å². The molecule has 3 rings (SSSR count). The van der Waals surface area contributed by atoms with Gasteiger partial charge in [-0.15, -0.1) is 0 Å². The van der Waals surface area contributed by atoms with Gasteiger partial charge in [-0.05, 0) is 11.5 Å². The van der Waals surface area contributed by atoms with Gasteiger partial charge < -0.3 is 15.2 Å². The molecule has 0 amide bonds. The Labute approximate surface area is 180 Å². The van der Waals surface area contributed by atoms with Crippen LogP contribution in [0.5, 0.6) is 5.75 Å². The van der Waals surface area contributed by atoms with Gasteiger partial charge in [-0.1, -0.05) is 20.8 Å². The van der Waals surface area contributed by atoms with Gasteiger partial charge in [0.05, 0.1) is 24.2 Å². The molecule has 2 N–H and O–H groups in total. The summed E-state index contributed by atoms with van der Waals surface area (Å²) in [7, 11) is 1.46. The van der Waals surface area contributed by atoms with Crippen molar-refractivity contribution >= 4 is 17.0 Å². The molecule has 0 unspecified atom stereocenters. The number of fused-ring (bicyclic) bond motifs is 1. The number of benzene rings is 1. The molecule has 0 saturated heterocycles. The smallest absolute Gasteiger partial charge is 0.419 e. The molecule has 0 fully saturated rings. The first-order valence-electron chi connectivity index (χ1n) is 9.59. The molecule has 2 aromatic heterocycles. The maximum atomic E-state index is 14.5. The number of rotatable bonds is 6. The maximum Gasteiger partial charge on any atom is 0.419 e. The summed E-state index contributed by atoms with van der Waals surface area (Å²) in [6, 6.07) is 0.269. The maximum absolute atomic E-state index is 14.5. The van der Waals surface area contributed by atoms with E-state index in [9.17, 15) is 27.1 Å². The number of aromatic hydroxyl groups is 1. The summed E-state index contributed by atoms with van der Waals surface area (Å²) in [4.78, 5) is 8.33. The van der Waals surface area contributed by atoms with Crippen LogP contribution >= 0.6 is 0 Å². The van der Waals surface area contributed by atoms with Gasteiger partial charge >= 0.3 is 6.18 Å². The van der Waals surface area contributed by atoms with Crippen LogP contribution in [0.2, 0.25) is 0 Å². The second-order valence-electron chi connectivity index (χ2n) is 8.39. The molecule has 0 spiro atoms. The van der Waals surface area contributed by atoms with Gasteiger partial charge in [0.25, 0.3) is 0 Å². The average Bonchev–Trinajstić information content (AvgIpc) is 3.00. The molecule has 0 bridgehead atoms. The summed E-state index contributed by atoms with van der Waals surface area (Å²) in [5, 5.41) is 16.7. The third-order valence-electron chi connectivity index (χ3n) is 4.38. The molecular formula is C20H22F5N5O2. The number of aromatic nitrogens is 4. The average molecular weight is 459 g/mol. The van der Waals surface area contributed by atoms with Gasteiger partial charge in [0, 0.05) is 25.4 Å². The van der Waals surface area contributed by atoms with Crippen molar-refractivity contribution in [1.82, 2.24) is 19.7 Å². The van der Waals surface area contributed by atoms with Crippen molar-refractivity contribution in [2.45, 2.75) is 26.9 Å². The minimum Gasteiger partial charge on any atom is -0.503 e. The lowest BCUT2D eigenvalue weighted by atomic mass is 9.99. The van der Waals surface area contributed by atoms with Crippen LogP contribution in [0.4, 0.5) is 27.9 Å². The number of hydrogen-bond donors (Lipinski definition) is 2. The minimum absolute atomic E-state index is 0.0244. The van der Waals surface area contributed by atoms with E-state index in [1.165, 1.54) is 17.9 Å². The summed E-state index contributed by atoms with van der Waals surface area (Å²) < 4.78 is 74.4. The number of alkyl halides is 3. The third kappa shape index (κ3) is 4.90. The molecule has 0 aliphatic rings. The lowest BCUT2D eigenvalue weighted by Gasteiger charge is -2.17. The first-order valence-corrected chi connectivity index (χ1v) is 9.59. The topological polar surface area (TPSA) is 85.1 Å². The number of aryl methyl sites for hydroxylation is 1. The fourth-order valence-corrected chi connectivity index (χ4v) is 2.94. The Hall–Kier alpha value is -3.02. The van der Waals surface area contributed by atoms with E-state index in [2.05, 4.69) is 20.4 Å². The van der Waals surface area contributed by atoms with Crippen LogP contribution < -0.4 is 5.32 Å². The number of ether oxygens (including phenoxy) is 1. The summed E-state index contributed by atoms with van der Waals surface area (Å²) in [5.74, 6) is -5.17. The van der Waals surface area contributed by atoms with E-state index in [-0.39, 0.29) is 34.2 Å². The quantitative estimate of drug-likeness (QED) is 0.417. The highest BCUT2D eigenvalue weighted by Gasteiger charge is 2.38. The first kappa shape index (κ1) is 23.6. The fourth-order valence-electron chi connectivity index (χ4n) is 2.94. The summed E-state index contributed by atoms with van der Waals surface area (Å²) in [6.45, 7) is 7.49.